The number of hydrogen-bond acceptors (Lipinski definition) is 9. The molecule has 0 radical (unpaired) electrons. The average molecular weight is 617 g/mol. The number of hydrogen-bond donors (Lipinski definition) is 4. The molecule has 5 aromatic rings. The van der Waals surface area contributed by atoms with E-state index in [1.54, 1.807) is 54.3 Å². The largest absolute Gasteiger partial charge is 0.461 e. The molecule has 0 fully saturated rings. The fourth-order valence-electron chi connectivity index (χ4n) is 4.47. The molecule has 0 aliphatic rings. The van der Waals surface area contributed by atoms with E-state index in [1.165, 1.54) is 10.8 Å². The number of nitrogens with zero attached hydrogens (tertiary/aromatic N) is 6. The summed E-state index contributed by atoms with van der Waals surface area (Å²) in [6, 6.07) is 9.93. The van der Waals surface area contributed by atoms with Gasteiger partial charge in [-0.2, -0.15) is 14.6 Å². The summed E-state index contributed by atoms with van der Waals surface area (Å²) in [5.74, 6) is 0.854. The van der Waals surface area contributed by atoms with Crippen LogP contribution in [0.4, 0.5) is 21.2 Å². The van der Waals surface area contributed by atoms with Crippen molar-refractivity contribution >= 4 is 46.3 Å². The minimum atomic E-state index is -0.541. The van der Waals surface area contributed by atoms with Crippen LogP contribution in [0.1, 0.15) is 45.6 Å². The summed E-state index contributed by atoms with van der Waals surface area (Å²) in [4.78, 5) is 46.0. The molecule has 5 rings (SSSR count). The van der Waals surface area contributed by atoms with E-state index in [9.17, 15) is 14.4 Å². The Morgan fingerprint density at radius 2 is 1.69 bits per heavy atom. The molecule has 4 amide bonds. The smallest absolute Gasteiger partial charge is 0.407 e. The van der Waals surface area contributed by atoms with E-state index in [0.29, 0.717) is 47.0 Å². The van der Waals surface area contributed by atoms with Crippen molar-refractivity contribution in [3.8, 4) is 11.6 Å². The van der Waals surface area contributed by atoms with Crippen LogP contribution in [0.2, 0.25) is 0 Å². The zero-order valence-electron chi connectivity index (χ0n) is 25.6. The normalized spacial score (nSPS) is 11.5. The zero-order valence-corrected chi connectivity index (χ0v) is 25.6. The molecule has 0 unspecified atom stereocenters. The molecule has 4 aromatic heterocycles. The molecule has 45 heavy (non-hydrogen) atoms. The number of anilines is 2. The highest BCUT2D eigenvalue weighted by molar-refractivity contribution is 6.00. The molecule has 4 heterocycles. The lowest BCUT2D eigenvalue weighted by Crippen LogP contribution is -2.33. The first-order chi connectivity index (χ1) is 21.5. The lowest BCUT2D eigenvalue weighted by molar-refractivity contribution is -0.120. The molecule has 236 valence electrons. The Labute approximate surface area is 258 Å². The maximum absolute atomic E-state index is 12.9. The summed E-state index contributed by atoms with van der Waals surface area (Å²) in [6.07, 6.45) is 5.54. The second-order valence-corrected chi connectivity index (χ2v) is 11.4. The van der Waals surface area contributed by atoms with Crippen LogP contribution in [0.25, 0.3) is 28.3 Å². The standard InChI is InChI=1S/C30H36N10O5/c1-30(2,3)45-29(43)32-15-7-5-6-14-31-23(41)17-19-10-12-20(13-11-19)33-28(42)36-27-35-24-21(18-39(4)37-24)26-34-25(38-40(26)27)22-9-8-16-44-22/h8-13,16,18H,5-7,14-15,17H2,1-4H3,(H,31,41)(H,32,43)(H2,33,35,36,37,42). The number of carbonyl (C=O) groups excluding carboxylic acids is 3. The Bertz CT molecular complexity index is 1790. The van der Waals surface area contributed by atoms with Crippen LogP contribution in [0.3, 0.4) is 0 Å². The van der Waals surface area contributed by atoms with Crippen molar-refractivity contribution in [1.29, 1.82) is 0 Å². The highest BCUT2D eigenvalue weighted by Gasteiger charge is 2.19. The molecule has 15 heteroatoms. The molecule has 4 N–H and O–H groups in total. The maximum Gasteiger partial charge on any atom is 0.407 e. The van der Waals surface area contributed by atoms with Gasteiger partial charge in [0.2, 0.25) is 17.7 Å². The topological polar surface area (TPSA) is 183 Å². The molecule has 0 spiro atoms. The van der Waals surface area contributed by atoms with E-state index in [0.717, 1.165) is 24.8 Å². The fourth-order valence-corrected chi connectivity index (χ4v) is 4.47. The van der Waals surface area contributed by atoms with Gasteiger partial charge in [0.25, 0.3) is 0 Å². The number of fused-ring (bicyclic) bond motifs is 3. The number of aryl methyl sites for hydroxylation is 1. The number of benzene rings is 1. The number of amides is 4. The molecular formula is C30H36N10O5. The van der Waals surface area contributed by atoms with Gasteiger partial charge in [-0.05, 0) is 69.9 Å². The predicted octanol–water partition coefficient (Wildman–Crippen LogP) is 4.27. The van der Waals surface area contributed by atoms with Gasteiger partial charge < -0.3 is 25.1 Å². The Morgan fingerprint density at radius 1 is 0.933 bits per heavy atom. The fraction of sp³-hybridized carbons (Fsp3) is 0.367. The van der Waals surface area contributed by atoms with E-state index in [4.69, 9.17) is 9.15 Å². The number of alkyl carbamates (subject to hydrolysis) is 1. The van der Waals surface area contributed by atoms with Gasteiger partial charge in [0.15, 0.2) is 17.1 Å². The predicted molar refractivity (Wildman–Crippen MR) is 167 cm³/mol. The van der Waals surface area contributed by atoms with Crippen LogP contribution >= 0.6 is 0 Å². The third kappa shape index (κ3) is 8.34. The number of urea groups is 1. The molecule has 15 nitrogen and oxygen atoms in total. The molecule has 0 aliphatic heterocycles. The molecule has 0 saturated carbocycles. The number of furan rings is 1. The van der Waals surface area contributed by atoms with Crippen molar-refractivity contribution in [2.24, 2.45) is 7.05 Å². The lowest BCUT2D eigenvalue weighted by Gasteiger charge is -2.19. The quantitative estimate of drug-likeness (QED) is 0.157. The van der Waals surface area contributed by atoms with E-state index in [2.05, 4.69) is 41.4 Å². The molecule has 0 atom stereocenters. The lowest BCUT2D eigenvalue weighted by atomic mass is 10.1. The van der Waals surface area contributed by atoms with E-state index in [1.807, 2.05) is 20.8 Å². The molecule has 0 bridgehead atoms. The number of aromatic nitrogens is 6. The Kier molecular flexibility index (Phi) is 9.25. The molecule has 0 saturated heterocycles. The Morgan fingerprint density at radius 3 is 2.40 bits per heavy atom. The van der Waals surface area contributed by atoms with Crippen molar-refractivity contribution in [3.05, 3.63) is 54.4 Å². The van der Waals surface area contributed by atoms with Gasteiger partial charge in [0.1, 0.15) is 5.60 Å². The molecule has 1 aromatic carbocycles. The molecule has 0 aliphatic carbocycles. The average Bonchev–Trinajstić information content (AvgIpc) is 3.72. The zero-order chi connectivity index (χ0) is 32.0. The first kappa shape index (κ1) is 31.0. The van der Waals surface area contributed by atoms with Crippen molar-refractivity contribution in [1.82, 2.24) is 40.0 Å². The maximum atomic E-state index is 12.9. The first-order valence-electron chi connectivity index (χ1n) is 14.6. The summed E-state index contributed by atoms with van der Waals surface area (Å²) in [5, 5.41) is 20.6. The van der Waals surface area contributed by atoms with E-state index < -0.39 is 17.7 Å². The van der Waals surface area contributed by atoms with Crippen LogP contribution in [-0.4, -0.2) is 66.1 Å². The summed E-state index contributed by atoms with van der Waals surface area (Å²) >= 11 is 0. The van der Waals surface area contributed by atoms with Gasteiger partial charge in [0.05, 0.1) is 18.1 Å². The SMILES string of the molecule is Cn1cc2c(nc(NC(=O)Nc3ccc(CC(=O)NCCCCCNC(=O)OC(C)(C)C)cc3)n3nc(-c4ccco4)nc23)n1. The summed E-state index contributed by atoms with van der Waals surface area (Å²) in [6.45, 7) is 6.53. The van der Waals surface area contributed by atoms with Gasteiger partial charge in [-0.25, -0.2) is 14.6 Å². The Hall–Kier alpha value is -5.47. The minimum Gasteiger partial charge on any atom is -0.461 e. The Balaban J connectivity index is 1.09. The second-order valence-electron chi connectivity index (χ2n) is 11.4. The van der Waals surface area contributed by atoms with Crippen LogP contribution in [0.15, 0.2) is 53.3 Å². The van der Waals surface area contributed by atoms with Crippen molar-refractivity contribution < 1.29 is 23.5 Å². The number of carbonyl (C=O) groups is 3. The monoisotopic (exact) mass is 616 g/mol. The first-order valence-corrected chi connectivity index (χ1v) is 14.6. The van der Waals surface area contributed by atoms with Gasteiger partial charge >= 0.3 is 12.1 Å². The third-order valence-electron chi connectivity index (χ3n) is 6.46. The van der Waals surface area contributed by atoms with Crippen molar-refractivity contribution in [2.75, 3.05) is 23.7 Å². The van der Waals surface area contributed by atoms with E-state index in [-0.39, 0.29) is 18.3 Å². The van der Waals surface area contributed by atoms with Gasteiger partial charge in [0, 0.05) is 32.0 Å². The summed E-state index contributed by atoms with van der Waals surface area (Å²) < 4.78 is 13.7. The van der Waals surface area contributed by atoms with Gasteiger partial charge in [-0.3, -0.25) is 14.8 Å². The van der Waals surface area contributed by atoms with E-state index >= 15 is 0 Å². The third-order valence-corrected chi connectivity index (χ3v) is 6.46. The van der Waals surface area contributed by atoms with Gasteiger partial charge in [-0.15, -0.1) is 5.10 Å². The summed E-state index contributed by atoms with van der Waals surface area (Å²) in [7, 11) is 1.77. The van der Waals surface area contributed by atoms with Crippen LogP contribution in [0.5, 0.6) is 0 Å². The highest BCUT2D eigenvalue weighted by Crippen LogP contribution is 2.24. The van der Waals surface area contributed by atoms with Crippen LogP contribution in [-0.2, 0) is 23.0 Å². The number of rotatable bonds is 11. The number of ether oxygens (including phenoxy) is 1. The van der Waals surface area contributed by atoms with Crippen LogP contribution < -0.4 is 21.3 Å². The van der Waals surface area contributed by atoms with Crippen LogP contribution in [0, 0.1) is 0 Å². The molecular weight excluding hydrogens is 580 g/mol. The second kappa shape index (κ2) is 13.4. The minimum absolute atomic E-state index is 0.0953. The van der Waals surface area contributed by atoms with Crippen molar-refractivity contribution in [2.45, 2.75) is 52.1 Å². The number of unbranched alkanes of at least 4 members (excludes halogenated alkanes) is 2. The van der Waals surface area contributed by atoms with Crippen molar-refractivity contribution in [3.63, 3.8) is 0 Å². The van der Waals surface area contributed by atoms with Gasteiger partial charge in [-0.1, -0.05) is 12.1 Å². The number of nitrogens with one attached hydrogen (secondary N) is 4. The summed E-state index contributed by atoms with van der Waals surface area (Å²) in [5.41, 5.74) is 1.68. The highest BCUT2D eigenvalue weighted by atomic mass is 16.6.